The van der Waals surface area contributed by atoms with Crippen molar-refractivity contribution in [2.24, 2.45) is 22.7 Å². The summed E-state index contributed by atoms with van der Waals surface area (Å²) in [6.45, 7) is 18.4. The summed E-state index contributed by atoms with van der Waals surface area (Å²) in [5, 5.41) is 0. The van der Waals surface area contributed by atoms with E-state index in [0.717, 1.165) is 11.8 Å². The first-order valence-corrected chi connectivity index (χ1v) is 13.2. The molecule has 0 fully saturated rings. The van der Waals surface area contributed by atoms with Crippen molar-refractivity contribution >= 4 is 3.21 Å². The molecule has 0 saturated carbocycles. The quantitative estimate of drug-likeness (QED) is 0.404. The first-order valence-electron chi connectivity index (χ1n) is 11.9. The molecule has 0 radical (unpaired) electrons. The molecule has 2 unspecified atom stereocenters. The van der Waals surface area contributed by atoms with Crippen LogP contribution >= 0.6 is 0 Å². The van der Waals surface area contributed by atoms with Crippen molar-refractivity contribution < 1.29 is 49.0 Å². The molecule has 0 amide bonds. The summed E-state index contributed by atoms with van der Waals surface area (Å²) in [5.41, 5.74) is 7.28. The van der Waals surface area contributed by atoms with Crippen LogP contribution in [0.3, 0.4) is 0 Å². The molecule has 180 valence electrons. The SMILES string of the molecule is CC1[CH-]C2=C(C1)C(C)(C)CCC=C2.CC1[CH-]C2=C(C1)C(C)(C)CCC=C2.C[C](C)=[Zr+2].[Cl-].[Cl-]. The third-order valence-corrected chi connectivity index (χ3v) is 6.78. The summed E-state index contributed by atoms with van der Waals surface area (Å²) in [6.07, 6.45) is 21.8. The van der Waals surface area contributed by atoms with Crippen molar-refractivity contribution in [3.63, 3.8) is 0 Å². The van der Waals surface area contributed by atoms with Gasteiger partial charge in [-0.1, -0.05) is 89.9 Å². The number of halogens is 2. The van der Waals surface area contributed by atoms with Crippen LogP contribution in [0.1, 0.15) is 93.9 Å². The maximum atomic E-state index is 2.43. The van der Waals surface area contributed by atoms with Gasteiger partial charge in [0.1, 0.15) is 0 Å². The van der Waals surface area contributed by atoms with Gasteiger partial charge in [0.15, 0.2) is 0 Å². The van der Waals surface area contributed by atoms with Crippen molar-refractivity contribution in [3.8, 4) is 0 Å². The Kier molecular flexibility index (Phi) is 13.8. The smallest absolute Gasteiger partial charge is 1.00 e. The molecule has 0 aromatic rings. The van der Waals surface area contributed by atoms with Gasteiger partial charge in [0.25, 0.3) is 0 Å². The third kappa shape index (κ3) is 9.35. The van der Waals surface area contributed by atoms with Gasteiger partial charge in [-0.3, -0.25) is 0 Å². The maximum absolute atomic E-state index is 2.43. The fraction of sp³-hybridized carbons (Fsp3) is 0.621. The fourth-order valence-corrected chi connectivity index (χ4v) is 5.07. The predicted molar refractivity (Wildman–Crippen MR) is 131 cm³/mol. The van der Waals surface area contributed by atoms with E-state index in [2.05, 4.69) is 92.5 Å². The van der Waals surface area contributed by atoms with E-state index >= 15 is 0 Å². The topological polar surface area (TPSA) is 0 Å². The molecule has 0 aromatic heterocycles. The van der Waals surface area contributed by atoms with Gasteiger partial charge in [-0.25, -0.2) is 0 Å². The number of hydrogen-bond acceptors (Lipinski definition) is 0. The van der Waals surface area contributed by atoms with Gasteiger partial charge >= 0.3 is 41.3 Å². The molecule has 0 heterocycles. The molecule has 32 heavy (non-hydrogen) atoms. The van der Waals surface area contributed by atoms with Crippen molar-refractivity contribution in [1.82, 2.24) is 0 Å². The van der Waals surface area contributed by atoms with E-state index < -0.39 is 0 Å². The molecular formula is C29H44Cl2Zr-2. The Morgan fingerprint density at radius 2 is 1.09 bits per heavy atom. The van der Waals surface area contributed by atoms with E-state index in [1.165, 1.54) is 52.9 Å². The zero-order valence-corrected chi connectivity index (χ0v) is 25.6. The summed E-state index contributed by atoms with van der Waals surface area (Å²) >= 11 is 1.55. The van der Waals surface area contributed by atoms with Gasteiger partial charge in [-0.15, -0.1) is 12.2 Å². The number of rotatable bonds is 0. The normalized spacial score (nSPS) is 26.2. The molecule has 0 saturated heterocycles. The summed E-state index contributed by atoms with van der Waals surface area (Å²) in [4.78, 5) is 0. The van der Waals surface area contributed by atoms with Crippen LogP contribution in [0.2, 0.25) is 0 Å². The minimum absolute atomic E-state index is 0. The van der Waals surface area contributed by atoms with E-state index in [1.54, 1.807) is 35.4 Å². The summed E-state index contributed by atoms with van der Waals surface area (Å²) in [6, 6.07) is 0. The van der Waals surface area contributed by atoms with Gasteiger partial charge in [0.2, 0.25) is 0 Å². The minimum atomic E-state index is 0. The Bertz CT molecular complexity index is 687. The molecular weight excluding hydrogens is 510 g/mol. The van der Waals surface area contributed by atoms with E-state index in [4.69, 9.17) is 0 Å². The third-order valence-electron chi connectivity index (χ3n) is 6.78. The van der Waals surface area contributed by atoms with Crippen molar-refractivity contribution in [2.45, 2.75) is 93.9 Å². The second-order valence-electron chi connectivity index (χ2n) is 11.2. The molecule has 4 aliphatic carbocycles. The Hall–Kier alpha value is 0.0331. The molecule has 0 nitrogen and oxygen atoms in total. The summed E-state index contributed by atoms with van der Waals surface area (Å²) < 4.78 is 1.51. The van der Waals surface area contributed by atoms with Crippen LogP contribution < -0.4 is 24.8 Å². The van der Waals surface area contributed by atoms with Crippen LogP contribution in [0.25, 0.3) is 0 Å². The molecule has 4 rings (SSSR count). The predicted octanol–water partition coefficient (Wildman–Crippen LogP) is 2.56. The monoisotopic (exact) mass is 552 g/mol. The van der Waals surface area contributed by atoms with E-state index in [0.29, 0.717) is 10.8 Å². The van der Waals surface area contributed by atoms with Crippen molar-refractivity contribution in [2.75, 3.05) is 0 Å². The molecule has 0 spiro atoms. The second kappa shape index (κ2) is 13.8. The van der Waals surface area contributed by atoms with Gasteiger partial charge in [-0.2, -0.15) is 47.3 Å². The van der Waals surface area contributed by atoms with Crippen LogP contribution in [0.4, 0.5) is 0 Å². The molecule has 0 aliphatic heterocycles. The Morgan fingerprint density at radius 3 is 1.41 bits per heavy atom. The number of allylic oxidation sites excluding steroid dienone is 8. The average Bonchev–Trinajstić information content (AvgIpc) is 3.11. The van der Waals surface area contributed by atoms with E-state index in [9.17, 15) is 0 Å². The van der Waals surface area contributed by atoms with Gasteiger partial charge < -0.3 is 24.8 Å². The minimum Gasteiger partial charge on any atom is -1.00 e. The van der Waals surface area contributed by atoms with Gasteiger partial charge in [0.05, 0.1) is 0 Å². The van der Waals surface area contributed by atoms with E-state index in [-0.39, 0.29) is 24.8 Å². The number of hydrogen-bond donors (Lipinski definition) is 0. The fourth-order valence-electron chi connectivity index (χ4n) is 5.07. The van der Waals surface area contributed by atoms with Crippen molar-refractivity contribution in [3.05, 3.63) is 59.4 Å². The van der Waals surface area contributed by atoms with Crippen LogP contribution in [0.15, 0.2) is 46.6 Å². The van der Waals surface area contributed by atoms with Crippen LogP contribution in [0, 0.1) is 35.5 Å². The molecule has 2 atom stereocenters. The first-order chi connectivity index (χ1) is 13.9. The van der Waals surface area contributed by atoms with Crippen molar-refractivity contribution in [1.29, 1.82) is 0 Å². The molecule has 0 bridgehead atoms. The van der Waals surface area contributed by atoms with Crippen LogP contribution in [-0.4, -0.2) is 3.21 Å². The van der Waals surface area contributed by atoms with Crippen LogP contribution in [0.5, 0.6) is 0 Å². The molecule has 3 heteroatoms. The Labute approximate surface area is 227 Å². The largest absolute Gasteiger partial charge is 1.00 e. The van der Waals surface area contributed by atoms with Gasteiger partial charge in [-0.05, 0) is 12.8 Å². The Morgan fingerprint density at radius 1 is 0.781 bits per heavy atom. The maximum Gasteiger partial charge on any atom is -1.00 e. The summed E-state index contributed by atoms with van der Waals surface area (Å²) in [7, 11) is 0. The first kappa shape index (κ1) is 32.0. The zero-order valence-electron chi connectivity index (χ0n) is 21.6. The standard InChI is InChI=1S/2C13H19.C3H6.2ClH.Zr/c2*1-10-8-11-6-4-5-7-13(2,3)12(11)9-10;1-3-2;;;/h2*4,6,8,10H,5,7,9H2,1-3H3;1-2H3;2*1H;/q2*-1;;;;+2/p-2. The molecule has 0 aromatic carbocycles. The zero-order chi connectivity index (χ0) is 22.5. The Balaban J connectivity index is 0.000000490. The second-order valence-corrected chi connectivity index (χ2v) is 13.7. The van der Waals surface area contributed by atoms with E-state index in [1.807, 2.05) is 0 Å². The molecule has 0 N–H and O–H groups in total. The average molecular weight is 555 g/mol. The molecule has 4 aliphatic rings. The van der Waals surface area contributed by atoms with Gasteiger partial charge in [0, 0.05) is 0 Å². The van der Waals surface area contributed by atoms with Crippen LogP contribution in [-0.2, 0) is 24.2 Å². The summed E-state index contributed by atoms with van der Waals surface area (Å²) in [5.74, 6) is 1.51.